The van der Waals surface area contributed by atoms with E-state index in [2.05, 4.69) is 24.4 Å². The van der Waals surface area contributed by atoms with Crippen molar-refractivity contribution in [1.82, 2.24) is 0 Å². The molecule has 0 bridgehead atoms. The molecular weight excluding hydrogens is 378 g/mol. The first kappa shape index (κ1) is 17.9. The highest BCUT2D eigenvalue weighted by atomic mass is 32.2. The van der Waals surface area contributed by atoms with E-state index in [0.717, 1.165) is 16.9 Å². The summed E-state index contributed by atoms with van der Waals surface area (Å²) in [7, 11) is -3.68. The van der Waals surface area contributed by atoms with Crippen LogP contribution in [0.1, 0.15) is 35.3 Å². The first-order valence-electron chi connectivity index (χ1n) is 8.81. The largest absolute Gasteiger partial charge is 0.324 e. The fourth-order valence-corrected chi connectivity index (χ4v) is 6.31. The summed E-state index contributed by atoms with van der Waals surface area (Å²) in [4.78, 5) is 13.7. The zero-order chi connectivity index (χ0) is 19.0. The quantitative estimate of drug-likeness (QED) is 0.699. The minimum atomic E-state index is -3.68. The molecule has 2 aromatic carbocycles. The van der Waals surface area contributed by atoms with Gasteiger partial charge in [-0.1, -0.05) is 49.4 Å². The molecule has 0 saturated heterocycles. The number of hydrogen-bond acceptors (Lipinski definition) is 4. The van der Waals surface area contributed by atoms with Gasteiger partial charge in [0.25, 0.3) is 0 Å². The van der Waals surface area contributed by atoms with Crippen LogP contribution in [-0.2, 0) is 21.1 Å². The number of sulfone groups is 1. The van der Waals surface area contributed by atoms with Gasteiger partial charge in [-0.25, -0.2) is 8.42 Å². The zero-order valence-corrected chi connectivity index (χ0v) is 16.4. The van der Waals surface area contributed by atoms with Crippen LogP contribution in [-0.4, -0.2) is 14.3 Å². The van der Waals surface area contributed by atoms with Gasteiger partial charge in [-0.15, -0.1) is 11.3 Å². The molecule has 138 valence electrons. The summed E-state index contributed by atoms with van der Waals surface area (Å²) < 4.78 is 26.1. The fourth-order valence-electron chi connectivity index (χ4n) is 3.38. The molecule has 0 aliphatic carbocycles. The van der Waals surface area contributed by atoms with Gasteiger partial charge in [0.05, 0.1) is 10.6 Å². The Hall–Kier alpha value is -2.44. The van der Waals surface area contributed by atoms with Crippen molar-refractivity contribution in [3.8, 4) is 0 Å². The molecule has 1 aromatic heterocycles. The number of amides is 1. The van der Waals surface area contributed by atoms with Gasteiger partial charge in [0.15, 0.2) is 0 Å². The van der Waals surface area contributed by atoms with E-state index in [0.29, 0.717) is 12.1 Å². The van der Waals surface area contributed by atoms with Crippen LogP contribution in [0.5, 0.6) is 0 Å². The van der Waals surface area contributed by atoms with Gasteiger partial charge in [0.2, 0.25) is 15.7 Å². The van der Waals surface area contributed by atoms with Crippen molar-refractivity contribution in [2.45, 2.75) is 35.5 Å². The van der Waals surface area contributed by atoms with E-state index in [4.69, 9.17) is 0 Å². The van der Waals surface area contributed by atoms with Crippen LogP contribution in [0.25, 0.3) is 0 Å². The summed E-state index contributed by atoms with van der Waals surface area (Å²) in [5.41, 5.74) is 2.70. The third-order valence-electron chi connectivity index (χ3n) is 4.89. The second kappa shape index (κ2) is 6.94. The number of fused-ring (bicyclic) bond motifs is 1. The van der Waals surface area contributed by atoms with Gasteiger partial charge in [0, 0.05) is 22.6 Å². The van der Waals surface area contributed by atoms with E-state index in [1.54, 1.807) is 35.7 Å². The lowest BCUT2D eigenvalue weighted by Crippen LogP contribution is -2.23. The summed E-state index contributed by atoms with van der Waals surface area (Å²) >= 11 is 1.39. The van der Waals surface area contributed by atoms with Crippen molar-refractivity contribution >= 4 is 32.8 Å². The number of thiophene rings is 1. The lowest BCUT2D eigenvalue weighted by Gasteiger charge is -2.24. The van der Waals surface area contributed by atoms with Gasteiger partial charge in [-0.3, -0.25) is 4.79 Å². The maximum atomic E-state index is 13.1. The normalized spacial score (nSPS) is 16.6. The number of carbonyl (C=O) groups excluding carboxylic acids is 1. The van der Waals surface area contributed by atoms with Crippen LogP contribution >= 0.6 is 11.3 Å². The lowest BCUT2D eigenvalue weighted by molar-refractivity contribution is -0.116. The van der Waals surface area contributed by atoms with E-state index in [1.165, 1.54) is 16.9 Å². The smallest absolute Gasteiger partial charge is 0.225 e. The van der Waals surface area contributed by atoms with Crippen molar-refractivity contribution in [3.63, 3.8) is 0 Å². The number of anilines is 1. The van der Waals surface area contributed by atoms with E-state index in [1.807, 2.05) is 12.1 Å². The molecule has 1 aliphatic heterocycles. The van der Waals surface area contributed by atoms with Crippen LogP contribution < -0.4 is 5.32 Å². The number of aryl methyl sites for hydroxylation is 1. The highest BCUT2D eigenvalue weighted by Crippen LogP contribution is 2.45. The molecule has 1 N–H and O–H groups in total. The molecule has 1 aliphatic rings. The lowest BCUT2D eigenvalue weighted by atomic mass is 9.90. The molecular formula is C21H19NO3S2. The van der Waals surface area contributed by atoms with Crippen LogP contribution in [0.3, 0.4) is 0 Å². The topological polar surface area (TPSA) is 63.2 Å². The van der Waals surface area contributed by atoms with E-state index in [9.17, 15) is 13.2 Å². The first-order chi connectivity index (χ1) is 13.0. The second-order valence-electron chi connectivity index (χ2n) is 6.56. The Kier molecular flexibility index (Phi) is 4.61. The molecule has 0 fully saturated rings. The van der Waals surface area contributed by atoms with E-state index in [-0.39, 0.29) is 21.6 Å². The summed E-state index contributed by atoms with van der Waals surface area (Å²) in [6, 6.07) is 16.5. The fraction of sp³-hybridized carbons (Fsp3) is 0.190. The van der Waals surface area contributed by atoms with Crippen LogP contribution in [0.15, 0.2) is 69.8 Å². The number of rotatable bonds is 4. The number of benzene rings is 2. The molecule has 6 heteroatoms. The van der Waals surface area contributed by atoms with E-state index >= 15 is 0 Å². The Morgan fingerprint density at radius 1 is 1.07 bits per heavy atom. The predicted molar refractivity (Wildman–Crippen MR) is 107 cm³/mol. The SMILES string of the molecule is CCc1ccc([C@@H]2CC(=O)Nc3c(S(=O)(=O)c4ccccc4)csc32)cc1. The summed E-state index contributed by atoms with van der Waals surface area (Å²) in [6.45, 7) is 2.10. The number of nitrogens with one attached hydrogen (secondary N) is 1. The highest BCUT2D eigenvalue weighted by Gasteiger charge is 2.34. The van der Waals surface area contributed by atoms with Gasteiger partial charge < -0.3 is 5.32 Å². The summed E-state index contributed by atoms with van der Waals surface area (Å²) in [5.74, 6) is -0.278. The molecule has 3 aromatic rings. The molecule has 0 spiro atoms. The van der Waals surface area contributed by atoms with Gasteiger partial charge >= 0.3 is 0 Å². The van der Waals surface area contributed by atoms with Crippen molar-refractivity contribution < 1.29 is 13.2 Å². The summed E-state index contributed by atoms with van der Waals surface area (Å²) in [6.07, 6.45) is 1.28. The third-order valence-corrected chi connectivity index (χ3v) is 7.93. The minimum absolute atomic E-state index is 0.121. The minimum Gasteiger partial charge on any atom is -0.324 e. The van der Waals surface area contributed by atoms with Crippen molar-refractivity contribution in [2.24, 2.45) is 0 Å². The maximum absolute atomic E-state index is 13.1. The monoisotopic (exact) mass is 397 g/mol. The molecule has 27 heavy (non-hydrogen) atoms. The molecule has 4 nitrogen and oxygen atoms in total. The Labute approximate surface area is 162 Å². The van der Waals surface area contributed by atoms with Gasteiger partial charge in [0.1, 0.15) is 4.90 Å². The van der Waals surface area contributed by atoms with Crippen molar-refractivity contribution in [3.05, 3.63) is 76.0 Å². The predicted octanol–water partition coefficient (Wildman–Crippen LogP) is 4.62. The molecule has 0 saturated carbocycles. The summed E-state index contributed by atoms with van der Waals surface area (Å²) in [5, 5.41) is 4.44. The molecule has 2 heterocycles. The Balaban J connectivity index is 1.80. The third kappa shape index (κ3) is 3.19. The zero-order valence-electron chi connectivity index (χ0n) is 14.8. The highest BCUT2D eigenvalue weighted by molar-refractivity contribution is 7.91. The van der Waals surface area contributed by atoms with Gasteiger partial charge in [-0.05, 0) is 29.7 Å². The standard InChI is InChI=1S/C21H19NO3S2/c1-2-14-8-10-15(11-9-14)17-12-19(23)22-20-18(13-26-21(17)20)27(24,25)16-6-4-3-5-7-16/h3-11,13,17H,2,12H2,1H3,(H,22,23)/t17-/m0/s1. The molecule has 0 unspecified atom stereocenters. The Morgan fingerprint density at radius 2 is 1.78 bits per heavy atom. The van der Waals surface area contributed by atoms with E-state index < -0.39 is 9.84 Å². The first-order valence-corrected chi connectivity index (χ1v) is 11.2. The molecule has 1 atom stereocenters. The second-order valence-corrected chi connectivity index (χ2v) is 9.39. The average Bonchev–Trinajstić information content (AvgIpc) is 3.12. The van der Waals surface area contributed by atoms with Crippen LogP contribution in [0.4, 0.5) is 5.69 Å². The van der Waals surface area contributed by atoms with Gasteiger partial charge in [-0.2, -0.15) is 0 Å². The Morgan fingerprint density at radius 3 is 2.44 bits per heavy atom. The molecule has 0 radical (unpaired) electrons. The number of hydrogen-bond donors (Lipinski definition) is 1. The number of carbonyl (C=O) groups is 1. The molecule has 1 amide bonds. The average molecular weight is 398 g/mol. The Bertz CT molecular complexity index is 1080. The van der Waals surface area contributed by atoms with Crippen LogP contribution in [0.2, 0.25) is 0 Å². The van der Waals surface area contributed by atoms with Crippen molar-refractivity contribution in [2.75, 3.05) is 5.32 Å². The maximum Gasteiger partial charge on any atom is 0.225 e. The van der Waals surface area contributed by atoms with Crippen LogP contribution in [0, 0.1) is 0 Å². The van der Waals surface area contributed by atoms with Crippen molar-refractivity contribution in [1.29, 1.82) is 0 Å². The molecule has 4 rings (SSSR count).